The number of aliphatic carboxylic acids is 1. The number of amides is 1. The molecule has 1 aliphatic rings. The van der Waals surface area contributed by atoms with Crippen molar-refractivity contribution in [2.24, 2.45) is 0 Å². The Balaban J connectivity index is 1.35. The van der Waals surface area contributed by atoms with Crippen LogP contribution in [0.15, 0.2) is 66.7 Å². The minimum absolute atomic E-state index is 0.172. The molecule has 0 aromatic heterocycles. The summed E-state index contributed by atoms with van der Waals surface area (Å²) in [4.78, 5) is 25.8. The van der Waals surface area contributed by atoms with Gasteiger partial charge in [0.1, 0.15) is 23.6 Å². The maximum absolute atomic E-state index is 13.0. The second kappa shape index (κ2) is 11.7. The van der Waals surface area contributed by atoms with Crippen LogP contribution in [0.25, 0.3) is 0 Å². The average Bonchev–Trinajstić information content (AvgIpc) is 3.21. The van der Waals surface area contributed by atoms with Gasteiger partial charge in [-0.25, -0.2) is 0 Å². The van der Waals surface area contributed by atoms with E-state index in [-0.39, 0.29) is 24.5 Å². The Labute approximate surface area is 222 Å². The predicted octanol–water partition coefficient (Wildman–Crippen LogP) is 5.37. The van der Waals surface area contributed by atoms with E-state index in [1.807, 2.05) is 60.7 Å². The lowest BCUT2D eigenvalue weighted by Crippen LogP contribution is -2.37. The highest BCUT2D eigenvalue weighted by molar-refractivity contribution is 6.30. The zero-order chi connectivity index (χ0) is 26.4. The van der Waals surface area contributed by atoms with Gasteiger partial charge in [-0.15, -0.1) is 0 Å². The first kappa shape index (κ1) is 26.6. The largest absolute Gasteiger partial charge is 0.497 e. The molecule has 0 aliphatic carbocycles. The van der Waals surface area contributed by atoms with Gasteiger partial charge in [-0.1, -0.05) is 48.0 Å². The minimum atomic E-state index is -1.02. The molecule has 0 saturated carbocycles. The van der Waals surface area contributed by atoms with Gasteiger partial charge in [0.2, 0.25) is 5.91 Å². The molecule has 7 heteroatoms. The first-order valence-electron chi connectivity index (χ1n) is 12.4. The van der Waals surface area contributed by atoms with Gasteiger partial charge in [0, 0.05) is 30.8 Å². The monoisotopic (exact) mass is 521 g/mol. The Morgan fingerprint density at radius 3 is 2.49 bits per heavy atom. The third-order valence-corrected chi connectivity index (χ3v) is 6.90. The molecule has 3 aromatic carbocycles. The lowest BCUT2D eigenvalue weighted by Gasteiger charge is -2.24. The number of carbonyl (C=O) groups is 2. The smallest absolute Gasteiger partial charge is 0.323 e. The predicted molar refractivity (Wildman–Crippen MR) is 144 cm³/mol. The fourth-order valence-corrected chi connectivity index (χ4v) is 4.95. The highest BCUT2D eigenvalue weighted by Crippen LogP contribution is 2.37. The molecule has 1 atom stereocenters. The van der Waals surface area contributed by atoms with E-state index in [9.17, 15) is 14.7 Å². The molecule has 0 radical (unpaired) electrons. The van der Waals surface area contributed by atoms with Gasteiger partial charge in [-0.3, -0.25) is 9.59 Å². The lowest BCUT2D eigenvalue weighted by atomic mass is 9.91. The molecule has 1 amide bonds. The van der Waals surface area contributed by atoms with Crippen LogP contribution in [-0.2, 0) is 35.3 Å². The Morgan fingerprint density at radius 1 is 1.03 bits per heavy atom. The van der Waals surface area contributed by atoms with Gasteiger partial charge in [0.25, 0.3) is 0 Å². The molecular formula is C30H32ClNO5. The van der Waals surface area contributed by atoms with Crippen LogP contribution < -0.4 is 9.47 Å². The maximum Gasteiger partial charge on any atom is 0.323 e. The van der Waals surface area contributed by atoms with Crippen LogP contribution in [0.3, 0.4) is 0 Å². The standard InChI is InChI=1S/C30H32ClNO5/c1-30(18-23-6-10-25(31)11-7-23)19-24-16-22(8-12-27(24)37-30)9-13-28(33)32(20-29(34)35)15-14-21-4-3-5-26(17-21)36-2/h3-8,10-12,16-17H,9,13-15,18-20H2,1-2H3,(H,34,35). The van der Waals surface area contributed by atoms with E-state index >= 15 is 0 Å². The summed E-state index contributed by atoms with van der Waals surface area (Å²) in [6.45, 7) is 2.13. The van der Waals surface area contributed by atoms with Crippen molar-refractivity contribution >= 4 is 23.5 Å². The van der Waals surface area contributed by atoms with Crippen LogP contribution in [0, 0.1) is 0 Å². The van der Waals surface area contributed by atoms with E-state index < -0.39 is 5.97 Å². The van der Waals surface area contributed by atoms with Gasteiger partial charge in [-0.2, -0.15) is 0 Å². The number of hydrogen-bond acceptors (Lipinski definition) is 4. The number of methoxy groups -OCH3 is 1. The molecule has 6 nitrogen and oxygen atoms in total. The Hall–Kier alpha value is -3.51. The number of nitrogens with zero attached hydrogens (tertiary/aromatic N) is 1. The summed E-state index contributed by atoms with van der Waals surface area (Å²) in [5.74, 6) is 0.416. The van der Waals surface area contributed by atoms with Gasteiger partial charge in [0.15, 0.2) is 0 Å². The topological polar surface area (TPSA) is 76.1 Å². The van der Waals surface area contributed by atoms with E-state index in [1.165, 1.54) is 4.90 Å². The van der Waals surface area contributed by atoms with Gasteiger partial charge in [-0.05, 0) is 72.4 Å². The summed E-state index contributed by atoms with van der Waals surface area (Å²) in [5.41, 5.74) is 3.97. The molecule has 37 heavy (non-hydrogen) atoms. The molecule has 3 aromatic rings. The van der Waals surface area contributed by atoms with Crippen LogP contribution in [0.4, 0.5) is 0 Å². The molecular weight excluding hydrogens is 490 g/mol. The van der Waals surface area contributed by atoms with Crippen molar-refractivity contribution in [2.75, 3.05) is 20.2 Å². The van der Waals surface area contributed by atoms with Crippen LogP contribution >= 0.6 is 11.6 Å². The number of fused-ring (bicyclic) bond motifs is 1. The van der Waals surface area contributed by atoms with E-state index in [0.717, 1.165) is 46.6 Å². The minimum Gasteiger partial charge on any atom is -0.497 e. The first-order chi connectivity index (χ1) is 17.7. The van der Waals surface area contributed by atoms with Crippen molar-refractivity contribution in [1.82, 2.24) is 4.90 Å². The van der Waals surface area contributed by atoms with Crippen molar-refractivity contribution in [3.05, 3.63) is 94.0 Å². The molecule has 194 valence electrons. The molecule has 1 heterocycles. The van der Waals surface area contributed by atoms with Crippen molar-refractivity contribution in [3.8, 4) is 11.5 Å². The third kappa shape index (κ3) is 7.26. The number of ether oxygens (including phenoxy) is 2. The zero-order valence-corrected chi connectivity index (χ0v) is 22.0. The molecule has 1 unspecified atom stereocenters. The highest BCUT2D eigenvalue weighted by atomic mass is 35.5. The summed E-state index contributed by atoms with van der Waals surface area (Å²) in [7, 11) is 1.60. The van der Waals surface area contributed by atoms with Gasteiger partial charge in [0.05, 0.1) is 7.11 Å². The van der Waals surface area contributed by atoms with E-state index in [0.29, 0.717) is 24.4 Å². The molecule has 0 fully saturated rings. The summed E-state index contributed by atoms with van der Waals surface area (Å²) in [6, 6.07) is 21.5. The highest BCUT2D eigenvalue weighted by Gasteiger charge is 2.35. The van der Waals surface area contributed by atoms with E-state index in [1.54, 1.807) is 7.11 Å². The summed E-state index contributed by atoms with van der Waals surface area (Å²) < 4.78 is 11.6. The SMILES string of the molecule is COc1cccc(CCN(CC(=O)O)C(=O)CCc2ccc3c(c2)CC(C)(Cc2ccc(Cl)cc2)O3)c1. The second-order valence-electron chi connectivity index (χ2n) is 9.78. The molecule has 0 spiro atoms. The lowest BCUT2D eigenvalue weighted by molar-refractivity contribution is -0.144. The quantitative estimate of drug-likeness (QED) is 0.367. The number of aryl methyl sites for hydroxylation is 1. The van der Waals surface area contributed by atoms with Crippen LogP contribution in [0.2, 0.25) is 5.02 Å². The Kier molecular flexibility index (Phi) is 8.39. The van der Waals surface area contributed by atoms with Crippen LogP contribution in [-0.4, -0.2) is 47.7 Å². The van der Waals surface area contributed by atoms with Crippen molar-refractivity contribution in [2.45, 2.75) is 44.6 Å². The van der Waals surface area contributed by atoms with Gasteiger partial charge >= 0.3 is 5.97 Å². The summed E-state index contributed by atoms with van der Waals surface area (Å²) in [5, 5.41) is 10.1. The average molecular weight is 522 g/mol. The normalized spacial score (nSPS) is 16.1. The number of carbonyl (C=O) groups excluding carboxylic acids is 1. The first-order valence-corrected chi connectivity index (χ1v) is 12.8. The molecule has 1 aliphatic heterocycles. The molecule has 4 rings (SSSR count). The second-order valence-corrected chi connectivity index (χ2v) is 10.2. The van der Waals surface area contributed by atoms with E-state index in [4.69, 9.17) is 21.1 Å². The number of carboxylic acid groups (broad SMARTS) is 1. The van der Waals surface area contributed by atoms with E-state index in [2.05, 4.69) is 13.0 Å². The Bertz CT molecular complexity index is 1260. The molecule has 0 bridgehead atoms. The number of halogens is 1. The number of rotatable bonds is 11. The maximum atomic E-state index is 13.0. The zero-order valence-electron chi connectivity index (χ0n) is 21.2. The van der Waals surface area contributed by atoms with Crippen LogP contribution in [0.5, 0.6) is 11.5 Å². The van der Waals surface area contributed by atoms with Crippen molar-refractivity contribution in [3.63, 3.8) is 0 Å². The molecule has 1 N–H and O–H groups in total. The third-order valence-electron chi connectivity index (χ3n) is 6.65. The number of carboxylic acids is 1. The van der Waals surface area contributed by atoms with Crippen molar-refractivity contribution in [1.29, 1.82) is 0 Å². The molecule has 0 saturated heterocycles. The Morgan fingerprint density at radius 2 is 1.76 bits per heavy atom. The summed E-state index contributed by atoms with van der Waals surface area (Å²) >= 11 is 6.01. The fourth-order valence-electron chi connectivity index (χ4n) is 4.82. The summed E-state index contributed by atoms with van der Waals surface area (Å²) in [6.07, 6.45) is 2.88. The fraction of sp³-hybridized carbons (Fsp3) is 0.333. The number of benzene rings is 3. The van der Waals surface area contributed by atoms with Crippen molar-refractivity contribution < 1.29 is 24.2 Å². The van der Waals surface area contributed by atoms with Crippen LogP contribution in [0.1, 0.15) is 35.6 Å². The number of hydrogen-bond donors (Lipinski definition) is 1. The van der Waals surface area contributed by atoms with Gasteiger partial charge < -0.3 is 19.5 Å².